The highest BCUT2D eigenvalue weighted by Crippen LogP contribution is 2.53. The lowest BCUT2D eigenvalue weighted by atomic mass is 9.82. The van der Waals surface area contributed by atoms with E-state index >= 15 is 0 Å². The molecule has 0 aromatic heterocycles. The summed E-state index contributed by atoms with van der Waals surface area (Å²) in [6.45, 7) is 4.52. The van der Waals surface area contributed by atoms with Gasteiger partial charge in [0.2, 0.25) is 0 Å². The molecule has 7 rings (SSSR count). The summed E-state index contributed by atoms with van der Waals surface area (Å²) in [4.78, 5) is 57.1. The van der Waals surface area contributed by atoms with Crippen LogP contribution in [-0.4, -0.2) is 46.5 Å². The monoisotopic (exact) mass is 638 g/mol. The van der Waals surface area contributed by atoms with E-state index < -0.39 is 23.6 Å². The Morgan fingerprint density at radius 3 is 0.952 bits per heavy atom. The Bertz CT molecular complexity index is 1820. The number of hydrogen-bond donors (Lipinski definition) is 0. The van der Waals surface area contributed by atoms with Crippen LogP contribution in [0.15, 0.2) is 24.3 Å². The van der Waals surface area contributed by atoms with Crippen LogP contribution in [-0.2, 0) is 0 Å². The molecule has 212 valence electrons. The maximum absolute atomic E-state index is 13.7. The largest absolute Gasteiger partial charge is 0.274 e. The molecule has 0 aliphatic carbocycles. The van der Waals surface area contributed by atoms with Gasteiger partial charge in [-0.05, 0) is 37.1 Å². The van der Waals surface area contributed by atoms with Crippen LogP contribution in [0.3, 0.4) is 0 Å². The van der Waals surface area contributed by atoms with Gasteiger partial charge in [-0.2, -0.15) is 0 Å². The van der Waals surface area contributed by atoms with E-state index in [2.05, 4.69) is 0 Å². The summed E-state index contributed by atoms with van der Waals surface area (Å²) < 4.78 is 0. The van der Waals surface area contributed by atoms with Crippen LogP contribution in [0.1, 0.15) is 81.0 Å². The minimum Gasteiger partial charge on any atom is -0.274 e. The topological polar surface area (TPSA) is 74.8 Å². The van der Waals surface area contributed by atoms with Crippen LogP contribution < -0.4 is 0 Å². The average Bonchev–Trinajstić information content (AvgIpc) is 2.96. The number of benzene rings is 5. The van der Waals surface area contributed by atoms with Crippen LogP contribution in [0.5, 0.6) is 0 Å². The molecule has 42 heavy (non-hydrogen) atoms. The number of fused-ring (bicyclic) bond motifs is 2. The van der Waals surface area contributed by atoms with Crippen molar-refractivity contribution in [2.45, 2.75) is 39.5 Å². The molecule has 0 N–H and O–H groups in total. The molecule has 0 spiro atoms. The highest BCUT2D eigenvalue weighted by Gasteiger charge is 2.39. The molecule has 2 heterocycles. The Kier molecular flexibility index (Phi) is 6.37. The number of amides is 4. The third-order valence-electron chi connectivity index (χ3n) is 8.49. The molecule has 5 aromatic carbocycles. The normalized spacial score (nSPS) is 15.1. The number of nitrogens with zero attached hydrogens (tertiary/aromatic N) is 2. The van der Waals surface area contributed by atoms with Gasteiger partial charge in [0, 0.05) is 76.3 Å². The fraction of sp³-hybridized carbons (Fsp3) is 0.250. The first kappa shape index (κ1) is 27.7. The summed E-state index contributed by atoms with van der Waals surface area (Å²) in [5.74, 6) is -1.72. The molecular weight excluding hydrogens is 618 g/mol. The van der Waals surface area contributed by atoms with Crippen LogP contribution >= 0.6 is 46.4 Å². The van der Waals surface area contributed by atoms with Crippen LogP contribution in [0.2, 0.25) is 20.1 Å². The average molecular weight is 640 g/mol. The van der Waals surface area contributed by atoms with Crippen molar-refractivity contribution in [1.29, 1.82) is 0 Å². The number of rotatable bonds is 6. The lowest BCUT2D eigenvalue weighted by molar-refractivity contribution is 0.0593. The van der Waals surface area contributed by atoms with Crippen molar-refractivity contribution in [3.05, 3.63) is 66.6 Å². The van der Waals surface area contributed by atoms with E-state index in [1.54, 1.807) is 24.3 Å². The predicted octanol–water partition coefficient (Wildman–Crippen LogP) is 9.14. The van der Waals surface area contributed by atoms with Crippen molar-refractivity contribution in [3.8, 4) is 0 Å². The quantitative estimate of drug-likeness (QED) is 0.105. The maximum atomic E-state index is 13.7. The summed E-state index contributed by atoms with van der Waals surface area (Å²) in [6.07, 6.45) is 2.93. The molecule has 0 unspecified atom stereocenters. The standard InChI is InChI=1S/C32H22Cl4N2O4/c1-3-5-7-37-29(39)13-9-17(33)23-25-19(35)11-15-22-16(32(42)38(31(15)41)8-6-4-2)12-20(36)26(28(22)25)24-18(34)10-14(30(37)40)21(13)27(23)24/h9-12H,3-8H2,1-2H3. The number of halogens is 4. The molecule has 2 aliphatic rings. The number of carbonyl (C=O) groups excluding carboxylic acids is 4. The number of imide groups is 2. The summed E-state index contributed by atoms with van der Waals surface area (Å²) >= 11 is 27.9. The Balaban J connectivity index is 1.68. The number of unbranched alkanes of at least 4 members (excludes halogenated alkanes) is 2. The third kappa shape index (κ3) is 3.47. The maximum Gasteiger partial charge on any atom is 0.261 e. The Hall–Kier alpha value is -3.16. The second-order valence-electron chi connectivity index (χ2n) is 10.9. The second kappa shape index (κ2) is 9.68. The number of carbonyl (C=O) groups is 4. The summed E-state index contributed by atoms with van der Waals surface area (Å²) in [5.41, 5.74) is 1.17. The summed E-state index contributed by atoms with van der Waals surface area (Å²) in [5, 5.41) is 4.67. The van der Waals surface area contributed by atoms with Crippen molar-refractivity contribution in [3.63, 3.8) is 0 Å². The Labute approximate surface area is 260 Å². The molecule has 2 aliphatic heterocycles. The van der Waals surface area contributed by atoms with Gasteiger partial charge in [0.15, 0.2) is 0 Å². The summed E-state index contributed by atoms with van der Waals surface area (Å²) in [7, 11) is 0. The van der Waals surface area contributed by atoms with Crippen molar-refractivity contribution in [2.24, 2.45) is 0 Å². The molecular formula is C32H22Cl4N2O4. The number of hydrogen-bond acceptors (Lipinski definition) is 4. The zero-order valence-corrected chi connectivity index (χ0v) is 25.6. The molecule has 0 saturated carbocycles. The highest BCUT2D eigenvalue weighted by molar-refractivity contribution is 6.56. The SMILES string of the molecule is CCCCN1C(=O)c2cc(Cl)c3c4c(Cl)cc5c6c(cc(Cl)c(c7c(Cl)cc(c2c37)C1=O)c64)C(=O)N(CCCC)C5=O. The fourth-order valence-electron chi connectivity index (χ4n) is 6.60. The van der Waals surface area contributed by atoms with Gasteiger partial charge < -0.3 is 0 Å². The van der Waals surface area contributed by atoms with E-state index in [0.29, 0.717) is 78.2 Å². The van der Waals surface area contributed by atoms with E-state index in [4.69, 9.17) is 46.4 Å². The van der Waals surface area contributed by atoms with Gasteiger partial charge in [0.1, 0.15) is 0 Å². The van der Waals surface area contributed by atoms with Gasteiger partial charge in [0.05, 0.1) is 22.3 Å². The van der Waals surface area contributed by atoms with E-state index in [0.717, 1.165) is 12.8 Å². The first-order valence-corrected chi connectivity index (χ1v) is 15.3. The van der Waals surface area contributed by atoms with Gasteiger partial charge in [-0.15, -0.1) is 0 Å². The van der Waals surface area contributed by atoms with Crippen molar-refractivity contribution >= 4 is 113 Å². The lowest BCUT2D eigenvalue weighted by Crippen LogP contribution is -2.41. The van der Waals surface area contributed by atoms with Gasteiger partial charge in [-0.25, -0.2) is 0 Å². The molecule has 0 fully saturated rings. The minimum atomic E-state index is -0.431. The van der Waals surface area contributed by atoms with E-state index in [1.807, 2.05) is 13.8 Å². The molecule has 0 radical (unpaired) electrons. The van der Waals surface area contributed by atoms with Crippen LogP contribution in [0.4, 0.5) is 0 Å². The molecule has 5 aromatic rings. The van der Waals surface area contributed by atoms with Gasteiger partial charge >= 0.3 is 0 Å². The van der Waals surface area contributed by atoms with Gasteiger partial charge in [-0.3, -0.25) is 29.0 Å². The third-order valence-corrected chi connectivity index (χ3v) is 9.68. The molecule has 4 amide bonds. The van der Waals surface area contributed by atoms with Gasteiger partial charge in [0.25, 0.3) is 23.6 Å². The fourth-order valence-corrected chi connectivity index (χ4v) is 7.79. The second-order valence-corrected chi connectivity index (χ2v) is 12.5. The summed E-state index contributed by atoms with van der Waals surface area (Å²) in [6, 6.07) is 6.26. The first-order valence-electron chi connectivity index (χ1n) is 13.8. The highest BCUT2D eigenvalue weighted by atomic mass is 35.5. The Morgan fingerprint density at radius 1 is 0.452 bits per heavy atom. The molecule has 6 nitrogen and oxygen atoms in total. The predicted molar refractivity (Wildman–Crippen MR) is 168 cm³/mol. The molecule has 0 saturated heterocycles. The van der Waals surface area contributed by atoms with Crippen molar-refractivity contribution < 1.29 is 19.2 Å². The smallest absolute Gasteiger partial charge is 0.261 e. The zero-order chi connectivity index (χ0) is 29.8. The van der Waals surface area contributed by atoms with Crippen molar-refractivity contribution in [2.75, 3.05) is 13.1 Å². The minimum absolute atomic E-state index is 0.229. The van der Waals surface area contributed by atoms with Crippen molar-refractivity contribution in [1.82, 2.24) is 9.80 Å². The van der Waals surface area contributed by atoms with Crippen LogP contribution in [0, 0.1) is 0 Å². The van der Waals surface area contributed by atoms with Gasteiger partial charge in [-0.1, -0.05) is 73.1 Å². The molecule has 10 heteroatoms. The Morgan fingerprint density at radius 2 is 0.714 bits per heavy atom. The van der Waals surface area contributed by atoms with E-state index in [1.165, 1.54) is 9.80 Å². The van der Waals surface area contributed by atoms with Crippen LogP contribution in [0.25, 0.3) is 43.1 Å². The first-order chi connectivity index (χ1) is 20.1. The zero-order valence-electron chi connectivity index (χ0n) is 22.6. The molecule has 0 atom stereocenters. The molecule has 0 bridgehead atoms. The van der Waals surface area contributed by atoms with E-state index in [-0.39, 0.29) is 33.2 Å². The lowest BCUT2D eigenvalue weighted by Gasteiger charge is -2.31. The van der Waals surface area contributed by atoms with E-state index in [9.17, 15) is 19.2 Å².